The van der Waals surface area contributed by atoms with E-state index in [-0.39, 0.29) is 23.8 Å². The Morgan fingerprint density at radius 2 is 2.05 bits per heavy atom. The predicted octanol–water partition coefficient (Wildman–Crippen LogP) is 1.32. The van der Waals surface area contributed by atoms with Crippen LogP contribution in [-0.2, 0) is 9.53 Å². The zero-order valence-corrected chi connectivity index (χ0v) is 12.0. The molecule has 114 valence electrons. The normalized spacial score (nSPS) is 25.7. The minimum atomic E-state index is 0.103. The lowest BCUT2D eigenvalue weighted by molar-refractivity contribution is -0.133. The Bertz CT molecular complexity index is 346. The zero-order chi connectivity index (χ0) is 14.4. The van der Waals surface area contributed by atoms with Crippen LogP contribution in [0.3, 0.4) is 0 Å². The minimum absolute atomic E-state index is 0.103. The summed E-state index contributed by atoms with van der Waals surface area (Å²) < 4.78 is 5.65. The summed E-state index contributed by atoms with van der Waals surface area (Å²) in [6.07, 6.45) is 6.66. The summed E-state index contributed by atoms with van der Waals surface area (Å²) >= 11 is 0. The first-order chi connectivity index (χ1) is 9.70. The van der Waals surface area contributed by atoms with Gasteiger partial charge in [-0.3, -0.25) is 4.79 Å². The molecule has 0 saturated carbocycles. The third-order valence-electron chi connectivity index (χ3n) is 4.34. The third-order valence-corrected chi connectivity index (χ3v) is 4.34. The number of hydrogen-bond donors (Lipinski definition) is 2. The summed E-state index contributed by atoms with van der Waals surface area (Å²) in [7, 11) is 0. The topological polar surface area (TPSA) is 88.2 Å². The molecule has 2 heterocycles. The first kappa shape index (κ1) is 15.1. The fraction of sp³-hybridized carbons (Fsp3) is 0.857. The van der Waals surface area contributed by atoms with Gasteiger partial charge in [-0.15, -0.1) is 0 Å². The summed E-state index contributed by atoms with van der Waals surface area (Å²) in [6, 6.07) is 0. The number of nitrogens with two attached hydrogens (primary N) is 1. The van der Waals surface area contributed by atoms with E-state index < -0.39 is 0 Å². The Morgan fingerprint density at radius 3 is 2.65 bits per heavy atom. The number of hydrogen-bond acceptors (Lipinski definition) is 4. The molecule has 3 N–H and O–H groups in total. The van der Waals surface area contributed by atoms with Crippen molar-refractivity contribution in [3.63, 3.8) is 0 Å². The maximum Gasteiger partial charge on any atom is 0.222 e. The van der Waals surface area contributed by atoms with Crippen molar-refractivity contribution in [2.24, 2.45) is 16.8 Å². The van der Waals surface area contributed by atoms with E-state index in [0.717, 1.165) is 38.7 Å². The second-order valence-corrected chi connectivity index (χ2v) is 5.71. The van der Waals surface area contributed by atoms with Gasteiger partial charge in [0.05, 0.1) is 6.10 Å². The van der Waals surface area contributed by atoms with Gasteiger partial charge in [-0.1, -0.05) is 5.16 Å². The number of rotatable bonds is 4. The largest absolute Gasteiger partial charge is 0.409 e. The molecular formula is C14H25N3O3. The molecule has 0 aromatic heterocycles. The molecule has 0 aliphatic carbocycles. The maximum atomic E-state index is 12.1. The van der Waals surface area contributed by atoms with Gasteiger partial charge in [0.15, 0.2) is 0 Å². The zero-order valence-electron chi connectivity index (χ0n) is 12.0. The molecular weight excluding hydrogens is 258 g/mol. The summed E-state index contributed by atoms with van der Waals surface area (Å²) in [5.41, 5.74) is 5.61. The average molecular weight is 283 g/mol. The molecule has 2 aliphatic heterocycles. The minimum Gasteiger partial charge on any atom is -0.409 e. The van der Waals surface area contributed by atoms with E-state index in [1.165, 1.54) is 6.42 Å². The Hall–Kier alpha value is -1.30. The second-order valence-electron chi connectivity index (χ2n) is 5.71. The number of amidine groups is 1. The smallest absolute Gasteiger partial charge is 0.222 e. The number of nitrogens with zero attached hydrogens (tertiary/aromatic N) is 2. The maximum absolute atomic E-state index is 12.1. The molecule has 0 radical (unpaired) electrons. The lowest BCUT2D eigenvalue weighted by Crippen LogP contribution is -2.42. The first-order valence-electron chi connectivity index (χ1n) is 7.57. The van der Waals surface area contributed by atoms with Crippen LogP contribution in [0.2, 0.25) is 0 Å². The van der Waals surface area contributed by atoms with Crippen LogP contribution in [0.5, 0.6) is 0 Å². The molecule has 1 amide bonds. The molecule has 6 heteroatoms. The Balaban J connectivity index is 1.69. The summed E-state index contributed by atoms with van der Waals surface area (Å²) in [4.78, 5) is 14.0. The third kappa shape index (κ3) is 4.10. The molecule has 2 saturated heterocycles. The molecule has 2 aliphatic rings. The highest BCUT2D eigenvalue weighted by molar-refractivity contribution is 5.83. The van der Waals surface area contributed by atoms with Crippen molar-refractivity contribution in [1.82, 2.24) is 4.90 Å². The van der Waals surface area contributed by atoms with Crippen molar-refractivity contribution < 1.29 is 14.7 Å². The van der Waals surface area contributed by atoms with Crippen LogP contribution < -0.4 is 5.73 Å². The second kappa shape index (κ2) is 7.47. The van der Waals surface area contributed by atoms with Gasteiger partial charge in [0.25, 0.3) is 0 Å². The van der Waals surface area contributed by atoms with E-state index in [4.69, 9.17) is 15.7 Å². The van der Waals surface area contributed by atoms with Crippen LogP contribution in [0, 0.1) is 5.92 Å². The lowest BCUT2D eigenvalue weighted by atomic mass is 9.95. The summed E-state index contributed by atoms with van der Waals surface area (Å²) in [6.45, 7) is 2.24. The number of amides is 1. The van der Waals surface area contributed by atoms with Gasteiger partial charge < -0.3 is 20.6 Å². The highest BCUT2D eigenvalue weighted by atomic mass is 16.5. The van der Waals surface area contributed by atoms with Crippen molar-refractivity contribution in [3.8, 4) is 0 Å². The summed E-state index contributed by atoms with van der Waals surface area (Å²) in [5.74, 6) is 0.593. The van der Waals surface area contributed by atoms with E-state index in [0.29, 0.717) is 19.5 Å². The molecule has 0 bridgehead atoms. The number of ether oxygens (including phenoxy) is 1. The number of piperidine rings is 1. The first-order valence-corrected chi connectivity index (χ1v) is 7.57. The molecule has 1 atom stereocenters. The van der Waals surface area contributed by atoms with Crippen molar-refractivity contribution >= 4 is 11.7 Å². The van der Waals surface area contributed by atoms with Crippen molar-refractivity contribution in [3.05, 3.63) is 0 Å². The molecule has 1 unspecified atom stereocenters. The standard InChI is InChI=1S/C14H25N3O3/c15-14(16-19)11-6-8-17(9-7-11)13(18)5-4-12-3-1-2-10-20-12/h11-12,19H,1-10H2,(H2,15,16). The molecule has 0 spiro atoms. The molecule has 0 aromatic rings. The van der Waals surface area contributed by atoms with Crippen LogP contribution >= 0.6 is 0 Å². The van der Waals surface area contributed by atoms with Gasteiger partial charge in [0, 0.05) is 32.0 Å². The Morgan fingerprint density at radius 1 is 1.30 bits per heavy atom. The number of oxime groups is 1. The fourth-order valence-corrected chi connectivity index (χ4v) is 2.98. The molecule has 0 aromatic carbocycles. The number of likely N-dealkylation sites (tertiary alicyclic amines) is 1. The van der Waals surface area contributed by atoms with Crippen LogP contribution in [0.15, 0.2) is 5.16 Å². The Labute approximate surface area is 119 Å². The summed E-state index contributed by atoms with van der Waals surface area (Å²) in [5, 5.41) is 11.7. The van der Waals surface area contributed by atoms with Crippen molar-refractivity contribution in [2.75, 3.05) is 19.7 Å². The van der Waals surface area contributed by atoms with Gasteiger partial charge in [-0.2, -0.15) is 0 Å². The van der Waals surface area contributed by atoms with Crippen LogP contribution in [0.25, 0.3) is 0 Å². The molecule has 2 rings (SSSR count). The van der Waals surface area contributed by atoms with Crippen LogP contribution in [-0.4, -0.2) is 47.7 Å². The monoisotopic (exact) mass is 283 g/mol. The van der Waals surface area contributed by atoms with E-state index in [1.54, 1.807) is 0 Å². The Kier molecular flexibility index (Phi) is 5.64. The van der Waals surface area contributed by atoms with Gasteiger partial charge in [0.2, 0.25) is 5.91 Å². The van der Waals surface area contributed by atoms with E-state index in [2.05, 4.69) is 5.16 Å². The van der Waals surface area contributed by atoms with Gasteiger partial charge in [0.1, 0.15) is 5.84 Å². The highest BCUT2D eigenvalue weighted by Crippen LogP contribution is 2.20. The number of carbonyl (C=O) groups is 1. The van der Waals surface area contributed by atoms with E-state index in [9.17, 15) is 4.79 Å². The molecule has 6 nitrogen and oxygen atoms in total. The molecule has 20 heavy (non-hydrogen) atoms. The number of carbonyl (C=O) groups excluding carboxylic acids is 1. The SMILES string of the molecule is NC(=NO)C1CCN(C(=O)CCC2CCCCO2)CC1. The quantitative estimate of drug-likeness (QED) is 0.352. The van der Waals surface area contributed by atoms with Crippen LogP contribution in [0.1, 0.15) is 44.9 Å². The average Bonchev–Trinajstić information content (AvgIpc) is 2.53. The van der Waals surface area contributed by atoms with Gasteiger partial charge in [-0.05, 0) is 38.5 Å². The highest BCUT2D eigenvalue weighted by Gasteiger charge is 2.25. The van der Waals surface area contributed by atoms with Crippen molar-refractivity contribution in [1.29, 1.82) is 0 Å². The van der Waals surface area contributed by atoms with Crippen molar-refractivity contribution in [2.45, 2.75) is 51.0 Å². The van der Waals surface area contributed by atoms with Gasteiger partial charge in [-0.25, -0.2) is 0 Å². The van der Waals surface area contributed by atoms with Crippen LogP contribution in [0.4, 0.5) is 0 Å². The fourth-order valence-electron chi connectivity index (χ4n) is 2.98. The van der Waals surface area contributed by atoms with Gasteiger partial charge >= 0.3 is 0 Å². The van der Waals surface area contributed by atoms with E-state index in [1.807, 2.05) is 4.90 Å². The molecule has 2 fully saturated rings. The predicted molar refractivity (Wildman–Crippen MR) is 75.5 cm³/mol. The van der Waals surface area contributed by atoms with E-state index >= 15 is 0 Å². The lowest BCUT2D eigenvalue weighted by Gasteiger charge is -2.32.